The SMILES string of the molecule is CC(C)c1ccnn1CC(F)F. The van der Waals surface area contributed by atoms with Crippen molar-refractivity contribution in [3.63, 3.8) is 0 Å². The van der Waals surface area contributed by atoms with Crippen LogP contribution in [0.15, 0.2) is 12.3 Å². The largest absolute Gasteiger partial charge is 0.264 e. The molecule has 0 unspecified atom stereocenters. The molecule has 0 aromatic carbocycles. The lowest BCUT2D eigenvalue weighted by Gasteiger charge is -2.08. The van der Waals surface area contributed by atoms with E-state index in [-0.39, 0.29) is 12.5 Å². The third kappa shape index (κ3) is 2.03. The maximum atomic E-state index is 12.0. The van der Waals surface area contributed by atoms with Crippen molar-refractivity contribution in [3.05, 3.63) is 18.0 Å². The fourth-order valence-corrected chi connectivity index (χ4v) is 1.12. The molecule has 0 aliphatic rings. The zero-order chi connectivity index (χ0) is 9.14. The van der Waals surface area contributed by atoms with Crippen LogP contribution >= 0.6 is 0 Å². The zero-order valence-electron chi connectivity index (χ0n) is 7.17. The van der Waals surface area contributed by atoms with Gasteiger partial charge in [0.1, 0.15) is 6.54 Å². The smallest absolute Gasteiger partial charge is 0.257 e. The van der Waals surface area contributed by atoms with E-state index in [2.05, 4.69) is 5.10 Å². The van der Waals surface area contributed by atoms with Gasteiger partial charge in [-0.2, -0.15) is 5.10 Å². The molecular formula is C8H12F2N2. The van der Waals surface area contributed by atoms with E-state index in [1.165, 1.54) is 4.68 Å². The van der Waals surface area contributed by atoms with Crippen LogP contribution in [0.25, 0.3) is 0 Å². The van der Waals surface area contributed by atoms with Gasteiger partial charge in [0.2, 0.25) is 0 Å². The first kappa shape index (κ1) is 9.16. The van der Waals surface area contributed by atoms with Crippen molar-refractivity contribution in [2.24, 2.45) is 0 Å². The number of hydrogen-bond acceptors (Lipinski definition) is 1. The van der Waals surface area contributed by atoms with Gasteiger partial charge in [0.25, 0.3) is 6.43 Å². The molecule has 0 bridgehead atoms. The highest BCUT2D eigenvalue weighted by Gasteiger charge is 2.10. The van der Waals surface area contributed by atoms with E-state index in [0.29, 0.717) is 0 Å². The maximum Gasteiger partial charge on any atom is 0.257 e. The molecule has 4 heteroatoms. The lowest BCUT2D eigenvalue weighted by molar-refractivity contribution is 0.120. The molecule has 0 atom stereocenters. The van der Waals surface area contributed by atoms with E-state index in [4.69, 9.17) is 0 Å². The molecule has 0 N–H and O–H groups in total. The van der Waals surface area contributed by atoms with Crippen LogP contribution in [-0.4, -0.2) is 16.2 Å². The number of rotatable bonds is 3. The summed E-state index contributed by atoms with van der Waals surface area (Å²) in [6, 6.07) is 1.77. The van der Waals surface area contributed by atoms with Crippen molar-refractivity contribution < 1.29 is 8.78 Å². The summed E-state index contributed by atoms with van der Waals surface area (Å²) < 4.78 is 25.3. The van der Waals surface area contributed by atoms with Crippen molar-refractivity contribution in [1.29, 1.82) is 0 Å². The van der Waals surface area contributed by atoms with Crippen molar-refractivity contribution in [2.75, 3.05) is 0 Å². The number of halogens is 2. The maximum absolute atomic E-state index is 12.0. The van der Waals surface area contributed by atoms with Gasteiger partial charge in [-0.05, 0) is 12.0 Å². The molecule has 1 rings (SSSR count). The van der Waals surface area contributed by atoms with Crippen LogP contribution in [0.1, 0.15) is 25.5 Å². The molecule has 0 aliphatic carbocycles. The molecule has 2 nitrogen and oxygen atoms in total. The van der Waals surface area contributed by atoms with Gasteiger partial charge in [-0.25, -0.2) is 8.78 Å². The summed E-state index contributed by atoms with van der Waals surface area (Å²) in [4.78, 5) is 0. The van der Waals surface area contributed by atoms with Crippen LogP contribution in [0, 0.1) is 0 Å². The molecule has 1 heterocycles. The van der Waals surface area contributed by atoms with Crippen LogP contribution in [0.2, 0.25) is 0 Å². The number of aromatic nitrogens is 2. The average Bonchev–Trinajstić information content (AvgIpc) is 2.33. The molecule has 0 aliphatic heterocycles. The third-order valence-electron chi connectivity index (χ3n) is 1.65. The predicted molar refractivity (Wildman–Crippen MR) is 42.3 cm³/mol. The van der Waals surface area contributed by atoms with E-state index >= 15 is 0 Å². The summed E-state index contributed by atoms with van der Waals surface area (Å²) in [6.45, 7) is 3.61. The molecular weight excluding hydrogens is 162 g/mol. The Balaban J connectivity index is 2.77. The van der Waals surface area contributed by atoms with Gasteiger partial charge in [-0.1, -0.05) is 13.8 Å². The number of alkyl halides is 2. The molecule has 0 saturated carbocycles. The highest BCUT2D eigenvalue weighted by molar-refractivity contribution is 5.05. The Bertz CT molecular complexity index is 243. The Hall–Kier alpha value is -0.930. The molecule has 0 saturated heterocycles. The van der Waals surface area contributed by atoms with E-state index in [0.717, 1.165) is 5.69 Å². The second-order valence-electron chi connectivity index (χ2n) is 2.98. The van der Waals surface area contributed by atoms with Gasteiger partial charge in [0.05, 0.1) is 0 Å². The minimum atomic E-state index is -2.33. The van der Waals surface area contributed by atoms with Gasteiger partial charge in [0, 0.05) is 11.9 Å². The zero-order valence-corrected chi connectivity index (χ0v) is 7.17. The van der Waals surface area contributed by atoms with Crippen molar-refractivity contribution in [2.45, 2.75) is 32.7 Å². The predicted octanol–water partition coefficient (Wildman–Crippen LogP) is 2.27. The fraction of sp³-hybridized carbons (Fsp3) is 0.625. The highest BCUT2D eigenvalue weighted by atomic mass is 19.3. The first-order chi connectivity index (χ1) is 5.61. The van der Waals surface area contributed by atoms with E-state index < -0.39 is 6.43 Å². The van der Waals surface area contributed by atoms with Gasteiger partial charge in [-0.15, -0.1) is 0 Å². The Labute approximate surface area is 70.2 Å². The van der Waals surface area contributed by atoms with Gasteiger partial charge in [-0.3, -0.25) is 4.68 Å². The Morgan fingerprint density at radius 1 is 1.50 bits per heavy atom. The topological polar surface area (TPSA) is 17.8 Å². The summed E-state index contributed by atoms with van der Waals surface area (Å²) in [5.74, 6) is 0.242. The standard InChI is InChI=1S/C8H12F2N2/c1-6(2)7-3-4-11-12(7)5-8(9)10/h3-4,6,8H,5H2,1-2H3. The summed E-state index contributed by atoms with van der Waals surface area (Å²) in [5, 5.41) is 3.81. The van der Waals surface area contributed by atoms with Crippen LogP contribution in [0.4, 0.5) is 8.78 Å². The molecule has 1 aromatic heterocycles. The minimum Gasteiger partial charge on any atom is -0.264 e. The van der Waals surface area contributed by atoms with Crippen LogP contribution < -0.4 is 0 Å². The van der Waals surface area contributed by atoms with Gasteiger partial charge < -0.3 is 0 Å². The lowest BCUT2D eigenvalue weighted by Crippen LogP contribution is -2.11. The number of nitrogens with zero attached hydrogens (tertiary/aromatic N) is 2. The normalized spacial score (nSPS) is 11.5. The highest BCUT2D eigenvalue weighted by Crippen LogP contribution is 2.14. The summed E-state index contributed by atoms with van der Waals surface area (Å²) in [7, 11) is 0. The van der Waals surface area contributed by atoms with Gasteiger partial charge >= 0.3 is 0 Å². The van der Waals surface area contributed by atoms with Crippen molar-refractivity contribution >= 4 is 0 Å². The molecule has 0 radical (unpaired) electrons. The average molecular weight is 174 g/mol. The summed E-state index contributed by atoms with van der Waals surface area (Å²) in [5.41, 5.74) is 0.857. The first-order valence-corrected chi connectivity index (χ1v) is 3.91. The van der Waals surface area contributed by atoms with Crippen LogP contribution in [0.3, 0.4) is 0 Å². The Morgan fingerprint density at radius 2 is 2.17 bits per heavy atom. The quantitative estimate of drug-likeness (QED) is 0.687. The van der Waals surface area contributed by atoms with Crippen LogP contribution in [-0.2, 0) is 6.54 Å². The molecule has 0 amide bonds. The van der Waals surface area contributed by atoms with Crippen molar-refractivity contribution in [3.8, 4) is 0 Å². The molecule has 12 heavy (non-hydrogen) atoms. The third-order valence-corrected chi connectivity index (χ3v) is 1.65. The van der Waals surface area contributed by atoms with Crippen molar-refractivity contribution in [1.82, 2.24) is 9.78 Å². The summed E-state index contributed by atoms with van der Waals surface area (Å²) >= 11 is 0. The van der Waals surface area contributed by atoms with E-state index in [1.54, 1.807) is 12.3 Å². The van der Waals surface area contributed by atoms with E-state index in [1.807, 2.05) is 13.8 Å². The Morgan fingerprint density at radius 3 is 2.67 bits per heavy atom. The first-order valence-electron chi connectivity index (χ1n) is 3.91. The number of hydrogen-bond donors (Lipinski definition) is 0. The molecule has 1 aromatic rings. The lowest BCUT2D eigenvalue weighted by atomic mass is 10.1. The molecule has 0 spiro atoms. The van der Waals surface area contributed by atoms with E-state index in [9.17, 15) is 8.78 Å². The second kappa shape index (κ2) is 3.65. The van der Waals surface area contributed by atoms with Gasteiger partial charge in [0.15, 0.2) is 0 Å². The second-order valence-corrected chi connectivity index (χ2v) is 2.98. The molecule has 68 valence electrons. The molecule has 0 fully saturated rings. The Kier molecular flexibility index (Phi) is 2.78. The van der Waals surface area contributed by atoms with Crippen LogP contribution in [0.5, 0.6) is 0 Å². The monoisotopic (exact) mass is 174 g/mol. The minimum absolute atomic E-state index is 0.242. The fourth-order valence-electron chi connectivity index (χ4n) is 1.12. The summed E-state index contributed by atoms with van der Waals surface area (Å²) in [6.07, 6.45) is -0.778.